The van der Waals surface area contributed by atoms with E-state index in [1.165, 1.54) is 20.1 Å². The highest BCUT2D eigenvalue weighted by Gasteiger charge is 2.25. The molecule has 1 aliphatic rings. The fourth-order valence-electron chi connectivity index (χ4n) is 3.89. The van der Waals surface area contributed by atoms with Crippen LogP contribution in [-0.4, -0.2) is 71.6 Å². The van der Waals surface area contributed by atoms with E-state index in [0.717, 1.165) is 48.8 Å². The van der Waals surface area contributed by atoms with Gasteiger partial charge in [-0.2, -0.15) is 0 Å². The Kier molecular flexibility index (Phi) is 8.21. The van der Waals surface area contributed by atoms with Gasteiger partial charge in [0.25, 0.3) is 0 Å². The van der Waals surface area contributed by atoms with Crippen LogP contribution < -0.4 is 5.32 Å². The Bertz CT molecular complexity index is 862. The van der Waals surface area contributed by atoms with Gasteiger partial charge in [-0.25, -0.2) is 14.8 Å². The summed E-state index contributed by atoms with van der Waals surface area (Å²) in [5, 5.41) is 4.25. The van der Waals surface area contributed by atoms with Crippen molar-refractivity contribution in [2.75, 3.05) is 45.2 Å². The lowest BCUT2D eigenvalue weighted by atomic mass is 10.0. The highest BCUT2D eigenvalue weighted by Crippen LogP contribution is 2.23. The molecule has 1 N–H and O–H groups in total. The van der Waals surface area contributed by atoms with E-state index in [2.05, 4.69) is 29.0 Å². The van der Waals surface area contributed by atoms with Gasteiger partial charge in [0.15, 0.2) is 0 Å². The molecule has 7 nitrogen and oxygen atoms in total. The van der Waals surface area contributed by atoms with Crippen LogP contribution in [0, 0.1) is 11.8 Å². The molecule has 0 spiro atoms. The highest BCUT2D eigenvalue weighted by molar-refractivity contribution is 5.91. The lowest BCUT2D eigenvalue weighted by Crippen LogP contribution is -2.46. The molecule has 1 atom stereocenters. The Morgan fingerprint density at radius 2 is 1.74 bits per heavy atom. The molecule has 0 amide bonds. The maximum atomic E-state index is 12.3. The minimum Gasteiger partial charge on any atom is -0.467 e. The Morgan fingerprint density at radius 1 is 1.06 bits per heavy atom. The van der Waals surface area contributed by atoms with E-state index >= 15 is 0 Å². The molecule has 170 valence electrons. The molecule has 1 saturated heterocycles. The molecule has 1 aromatic carbocycles. The van der Waals surface area contributed by atoms with Gasteiger partial charge in [-0.3, -0.25) is 4.90 Å². The molecule has 1 fully saturated rings. The molecular formula is C24H37N5O2. The summed E-state index contributed by atoms with van der Waals surface area (Å²) in [7, 11) is 1.42. The summed E-state index contributed by atoms with van der Waals surface area (Å²) in [5.41, 5.74) is 0.887. The summed E-state index contributed by atoms with van der Waals surface area (Å²) < 4.78 is 5.00. The number of methoxy groups -OCH3 is 1. The van der Waals surface area contributed by atoms with Crippen molar-refractivity contribution in [3.8, 4) is 0 Å². The molecule has 0 bridgehead atoms. The van der Waals surface area contributed by atoms with E-state index < -0.39 is 6.04 Å². The first kappa shape index (κ1) is 23.4. The van der Waals surface area contributed by atoms with Crippen LogP contribution in [0.2, 0.25) is 0 Å². The number of nitrogens with zero attached hydrogens (tertiary/aromatic N) is 4. The van der Waals surface area contributed by atoms with E-state index in [9.17, 15) is 4.79 Å². The van der Waals surface area contributed by atoms with Crippen LogP contribution >= 0.6 is 0 Å². The molecule has 0 unspecified atom stereocenters. The van der Waals surface area contributed by atoms with Crippen LogP contribution in [0.3, 0.4) is 0 Å². The van der Waals surface area contributed by atoms with Crippen LogP contribution in [0.25, 0.3) is 10.9 Å². The average molecular weight is 428 g/mol. The number of para-hydroxylation sites is 1. The predicted molar refractivity (Wildman–Crippen MR) is 125 cm³/mol. The van der Waals surface area contributed by atoms with Crippen molar-refractivity contribution < 1.29 is 9.53 Å². The molecule has 7 heteroatoms. The molecule has 0 radical (unpaired) electrons. The fraction of sp³-hybridized carbons (Fsp3) is 0.625. The zero-order valence-electron chi connectivity index (χ0n) is 19.6. The topological polar surface area (TPSA) is 70.6 Å². The molecule has 31 heavy (non-hydrogen) atoms. The second kappa shape index (κ2) is 10.9. The summed E-state index contributed by atoms with van der Waals surface area (Å²) in [6.45, 7) is 14.7. The maximum absolute atomic E-state index is 12.3. The van der Waals surface area contributed by atoms with Gasteiger partial charge in [0.05, 0.1) is 19.2 Å². The average Bonchev–Trinajstić information content (AvgIpc) is 2.76. The van der Waals surface area contributed by atoms with E-state index in [0.29, 0.717) is 12.4 Å². The highest BCUT2D eigenvalue weighted by atomic mass is 16.5. The van der Waals surface area contributed by atoms with Gasteiger partial charge in [-0.05, 0) is 36.9 Å². The molecular weight excluding hydrogens is 390 g/mol. The van der Waals surface area contributed by atoms with Crippen molar-refractivity contribution in [2.24, 2.45) is 11.8 Å². The Morgan fingerprint density at radius 3 is 2.39 bits per heavy atom. The third kappa shape index (κ3) is 6.37. The van der Waals surface area contributed by atoms with Crippen molar-refractivity contribution in [3.05, 3.63) is 30.1 Å². The first-order chi connectivity index (χ1) is 14.9. The van der Waals surface area contributed by atoms with Gasteiger partial charge in [-0.1, -0.05) is 39.8 Å². The Labute approximate surface area is 186 Å². The number of benzene rings is 1. The fourth-order valence-corrected chi connectivity index (χ4v) is 3.89. The van der Waals surface area contributed by atoms with E-state index in [1.54, 1.807) is 0 Å². The zero-order chi connectivity index (χ0) is 22.4. The van der Waals surface area contributed by atoms with Crippen LogP contribution in [0.15, 0.2) is 24.3 Å². The number of fused-ring (bicyclic) bond motifs is 1. The number of nitrogens with one attached hydrogen (secondary N) is 1. The van der Waals surface area contributed by atoms with Gasteiger partial charge in [0.1, 0.15) is 17.7 Å². The van der Waals surface area contributed by atoms with Crippen molar-refractivity contribution in [1.29, 1.82) is 0 Å². The monoisotopic (exact) mass is 427 g/mol. The third-order valence-electron chi connectivity index (χ3n) is 5.92. The number of aromatic nitrogens is 2. The van der Waals surface area contributed by atoms with Crippen LogP contribution in [-0.2, 0) is 16.1 Å². The van der Waals surface area contributed by atoms with E-state index in [1.807, 2.05) is 38.1 Å². The molecule has 3 rings (SSSR count). The first-order valence-electron chi connectivity index (χ1n) is 11.4. The van der Waals surface area contributed by atoms with Crippen molar-refractivity contribution in [1.82, 2.24) is 19.8 Å². The lowest BCUT2D eigenvalue weighted by Gasteiger charge is -2.34. The Hall–Kier alpha value is -2.25. The molecule has 2 aromatic rings. The number of ether oxygens (including phenoxy) is 1. The van der Waals surface area contributed by atoms with Crippen LogP contribution in [0.4, 0.5) is 5.82 Å². The number of hydrogen-bond acceptors (Lipinski definition) is 7. The Balaban J connectivity index is 1.74. The molecule has 2 heterocycles. The van der Waals surface area contributed by atoms with Gasteiger partial charge in [0.2, 0.25) is 0 Å². The van der Waals surface area contributed by atoms with Crippen molar-refractivity contribution in [2.45, 2.75) is 46.7 Å². The van der Waals surface area contributed by atoms with Crippen molar-refractivity contribution in [3.63, 3.8) is 0 Å². The molecule has 0 aliphatic carbocycles. The normalized spacial score (nSPS) is 16.7. The number of rotatable bonds is 9. The van der Waals surface area contributed by atoms with Gasteiger partial charge in [-0.15, -0.1) is 0 Å². The van der Waals surface area contributed by atoms with E-state index in [-0.39, 0.29) is 11.9 Å². The van der Waals surface area contributed by atoms with E-state index in [4.69, 9.17) is 14.7 Å². The number of carbonyl (C=O) groups excluding carboxylic acids is 1. The molecule has 1 aromatic heterocycles. The summed E-state index contributed by atoms with van der Waals surface area (Å²) in [6.07, 6.45) is 1.25. The second-order valence-corrected chi connectivity index (χ2v) is 9.20. The number of carbonyl (C=O) groups is 1. The SMILES string of the molecule is COC(=O)[C@@H](Nc1nc(CN2CCN(CCC(C)C)CC2)nc2ccccc12)C(C)C. The number of esters is 1. The van der Waals surface area contributed by atoms with Gasteiger partial charge >= 0.3 is 5.97 Å². The largest absolute Gasteiger partial charge is 0.467 e. The summed E-state index contributed by atoms with van der Waals surface area (Å²) in [4.78, 5) is 26.9. The van der Waals surface area contributed by atoms with Crippen LogP contribution in [0.5, 0.6) is 0 Å². The third-order valence-corrected chi connectivity index (χ3v) is 5.92. The molecule has 0 saturated carbocycles. The minimum atomic E-state index is -0.458. The van der Waals surface area contributed by atoms with Crippen LogP contribution in [0.1, 0.15) is 39.9 Å². The number of piperazine rings is 1. The second-order valence-electron chi connectivity index (χ2n) is 9.20. The van der Waals surface area contributed by atoms with Gasteiger partial charge in [0, 0.05) is 31.6 Å². The molecule has 1 aliphatic heterocycles. The lowest BCUT2D eigenvalue weighted by molar-refractivity contribution is -0.142. The summed E-state index contributed by atoms with van der Waals surface area (Å²) in [6, 6.07) is 7.48. The summed E-state index contributed by atoms with van der Waals surface area (Å²) >= 11 is 0. The predicted octanol–water partition coefficient (Wildman–Crippen LogP) is 3.40. The quantitative estimate of drug-likeness (QED) is 0.615. The minimum absolute atomic E-state index is 0.0727. The number of anilines is 1. The first-order valence-corrected chi connectivity index (χ1v) is 11.4. The van der Waals surface area contributed by atoms with Crippen molar-refractivity contribution >= 4 is 22.7 Å². The smallest absolute Gasteiger partial charge is 0.328 e. The maximum Gasteiger partial charge on any atom is 0.328 e. The number of hydrogen-bond donors (Lipinski definition) is 1. The van der Waals surface area contributed by atoms with Gasteiger partial charge < -0.3 is 15.0 Å². The zero-order valence-corrected chi connectivity index (χ0v) is 19.6. The summed E-state index contributed by atoms with van der Waals surface area (Å²) in [5.74, 6) is 2.01. The standard InChI is InChI=1S/C24H37N5O2/c1-17(2)10-11-28-12-14-29(15-13-28)16-21-25-20-9-7-6-8-19(20)23(26-21)27-22(18(3)4)24(30)31-5/h6-9,17-18,22H,10-16H2,1-5H3,(H,25,26,27)/t22-/m0/s1.